The number of hydrogen-bond donors (Lipinski definition) is 2. The number of nitrogens with zero attached hydrogens (tertiary/aromatic N) is 2. The lowest BCUT2D eigenvalue weighted by Crippen LogP contribution is -2.13. The molecule has 4 rings (SSSR count). The van der Waals surface area contributed by atoms with Gasteiger partial charge < -0.3 is 10.4 Å². The molecule has 0 aliphatic heterocycles. The molecule has 3 aromatic rings. The molecule has 0 atom stereocenters. The molecule has 2 aromatic heterocycles. The van der Waals surface area contributed by atoms with Crippen LogP contribution in [0.15, 0.2) is 42.6 Å². The SMILES string of the molecule is O=C(O)c1ncc(NC(=O)c2snc(-c3ccccc3)c2C2CC2)cc1Cl. The van der Waals surface area contributed by atoms with Crippen molar-refractivity contribution < 1.29 is 14.7 Å². The molecule has 2 N–H and O–H groups in total. The number of aromatic nitrogens is 2. The lowest BCUT2D eigenvalue weighted by atomic mass is 10.0. The number of rotatable bonds is 5. The van der Waals surface area contributed by atoms with E-state index in [0.29, 0.717) is 16.5 Å². The Morgan fingerprint density at radius 3 is 2.59 bits per heavy atom. The lowest BCUT2D eigenvalue weighted by molar-refractivity contribution is 0.0690. The quantitative estimate of drug-likeness (QED) is 0.649. The molecule has 0 saturated heterocycles. The van der Waals surface area contributed by atoms with Crippen LogP contribution in [0.4, 0.5) is 5.69 Å². The maximum Gasteiger partial charge on any atom is 0.356 e. The summed E-state index contributed by atoms with van der Waals surface area (Å²) in [4.78, 5) is 28.2. The molecule has 27 heavy (non-hydrogen) atoms. The van der Waals surface area contributed by atoms with Crippen LogP contribution in [-0.4, -0.2) is 26.3 Å². The van der Waals surface area contributed by atoms with Gasteiger partial charge in [-0.15, -0.1) is 0 Å². The van der Waals surface area contributed by atoms with Crippen LogP contribution >= 0.6 is 23.1 Å². The summed E-state index contributed by atoms with van der Waals surface area (Å²) in [6.07, 6.45) is 3.36. The molecule has 0 spiro atoms. The van der Waals surface area contributed by atoms with Gasteiger partial charge in [-0.1, -0.05) is 41.9 Å². The maximum atomic E-state index is 12.8. The number of aromatic carboxylic acids is 1. The number of carboxylic acids is 1. The molecule has 1 aliphatic carbocycles. The Morgan fingerprint density at radius 2 is 1.96 bits per heavy atom. The van der Waals surface area contributed by atoms with Gasteiger partial charge in [0.2, 0.25) is 0 Å². The normalized spacial score (nSPS) is 13.4. The number of carbonyl (C=O) groups is 2. The Hall–Kier alpha value is -2.77. The van der Waals surface area contributed by atoms with Gasteiger partial charge in [0, 0.05) is 11.1 Å². The number of nitrogens with one attached hydrogen (secondary N) is 1. The minimum absolute atomic E-state index is 0.0306. The van der Waals surface area contributed by atoms with Gasteiger partial charge >= 0.3 is 5.97 Å². The third-order valence-corrected chi connectivity index (χ3v) is 5.42. The molecule has 6 nitrogen and oxygen atoms in total. The molecule has 0 radical (unpaired) electrons. The number of amides is 1. The van der Waals surface area contributed by atoms with Crippen molar-refractivity contribution in [1.29, 1.82) is 0 Å². The van der Waals surface area contributed by atoms with Gasteiger partial charge in [0.25, 0.3) is 5.91 Å². The number of anilines is 1. The zero-order valence-corrected chi connectivity index (χ0v) is 15.5. The van der Waals surface area contributed by atoms with Crippen molar-refractivity contribution in [3.63, 3.8) is 0 Å². The number of halogens is 1. The maximum absolute atomic E-state index is 12.8. The molecule has 0 bridgehead atoms. The smallest absolute Gasteiger partial charge is 0.356 e. The third-order valence-electron chi connectivity index (χ3n) is 4.27. The molecule has 1 aromatic carbocycles. The van der Waals surface area contributed by atoms with Crippen molar-refractivity contribution in [2.45, 2.75) is 18.8 Å². The second kappa shape index (κ2) is 7.09. The molecule has 136 valence electrons. The molecular formula is C19H14ClN3O3S. The summed E-state index contributed by atoms with van der Waals surface area (Å²) in [6.45, 7) is 0. The van der Waals surface area contributed by atoms with Crippen LogP contribution in [0.2, 0.25) is 5.02 Å². The zero-order chi connectivity index (χ0) is 19.0. The van der Waals surface area contributed by atoms with Gasteiger partial charge in [-0.25, -0.2) is 9.78 Å². The highest BCUT2D eigenvalue weighted by Gasteiger charge is 2.33. The number of hydrogen-bond acceptors (Lipinski definition) is 5. The van der Waals surface area contributed by atoms with Crippen molar-refractivity contribution in [2.24, 2.45) is 0 Å². The van der Waals surface area contributed by atoms with Crippen molar-refractivity contribution in [2.75, 3.05) is 5.32 Å². The fourth-order valence-electron chi connectivity index (χ4n) is 2.87. The summed E-state index contributed by atoms with van der Waals surface area (Å²) in [5.74, 6) is -1.17. The van der Waals surface area contributed by atoms with Gasteiger partial charge in [0.05, 0.1) is 22.6 Å². The van der Waals surface area contributed by atoms with Crippen LogP contribution in [0, 0.1) is 0 Å². The molecule has 1 fully saturated rings. The molecule has 2 heterocycles. The average Bonchev–Trinajstić information content (AvgIpc) is 3.39. The van der Waals surface area contributed by atoms with E-state index < -0.39 is 5.97 Å². The van der Waals surface area contributed by atoms with E-state index in [-0.39, 0.29) is 16.6 Å². The summed E-state index contributed by atoms with van der Waals surface area (Å²) < 4.78 is 4.53. The van der Waals surface area contributed by atoms with Crippen LogP contribution in [0.3, 0.4) is 0 Å². The van der Waals surface area contributed by atoms with E-state index >= 15 is 0 Å². The average molecular weight is 400 g/mol. The Morgan fingerprint density at radius 1 is 1.22 bits per heavy atom. The molecule has 1 aliphatic rings. The van der Waals surface area contributed by atoms with Crippen LogP contribution in [0.5, 0.6) is 0 Å². The van der Waals surface area contributed by atoms with E-state index in [1.165, 1.54) is 23.8 Å². The highest BCUT2D eigenvalue weighted by Crippen LogP contribution is 2.47. The molecule has 8 heteroatoms. The largest absolute Gasteiger partial charge is 0.476 e. The van der Waals surface area contributed by atoms with E-state index in [2.05, 4.69) is 14.7 Å². The first-order chi connectivity index (χ1) is 13.0. The highest BCUT2D eigenvalue weighted by atomic mass is 35.5. The lowest BCUT2D eigenvalue weighted by Gasteiger charge is -2.07. The van der Waals surface area contributed by atoms with E-state index in [0.717, 1.165) is 29.7 Å². The highest BCUT2D eigenvalue weighted by molar-refractivity contribution is 7.08. The Balaban J connectivity index is 1.64. The zero-order valence-electron chi connectivity index (χ0n) is 14.0. The van der Waals surface area contributed by atoms with Crippen molar-refractivity contribution >= 4 is 40.7 Å². The van der Waals surface area contributed by atoms with Crippen LogP contribution in [0.25, 0.3) is 11.3 Å². The topological polar surface area (TPSA) is 92.2 Å². The first-order valence-electron chi connectivity index (χ1n) is 8.29. The van der Waals surface area contributed by atoms with Crippen LogP contribution in [-0.2, 0) is 0 Å². The standard InChI is InChI=1S/C19H14ClN3O3S/c20-13-8-12(9-21-16(13)19(25)26)22-18(24)17-14(10-6-7-10)15(23-27-17)11-4-2-1-3-5-11/h1-5,8-10H,6-7H2,(H,22,24)(H,25,26). The number of pyridine rings is 1. The first kappa shape index (κ1) is 17.6. The predicted molar refractivity (Wildman–Crippen MR) is 104 cm³/mol. The summed E-state index contributed by atoms with van der Waals surface area (Å²) in [5.41, 5.74) is 2.91. The third kappa shape index (κ3) is 3.56. The molecule has 0 unspecified atom stereocenters. The Bertz CT molecular complexity index is 1030. The van der Waals surface area contributed by atoms with E-state index in [1.54, 1.807) is 0 Å². The summed E-state index contributed by atoms with van der Waals surface area (Å²) in [7, 11) is 0. The summed E-state index contributed by atoms with van der Waals surface area (Å²) >= 11 is 7.09. The van der Waals surface area contributed by atoms with Gasteiger partial charge in [0.15, 0.2) is 5.69 Å². The monoisotopic (exact) mass is 399 g/mol. The predicted octanol–water partition coefficient (Wildman–Crippen LogP) is 4.69. The van der Waals surface area contributed by atoms with Crippen molar-refractivity contribution in [3.05, 3.63) is 63.8 Å². The first-order valence-corrected chi connectivity index (χ1v) is 9.45. The van der Waals surface area contributed by atoms with Crippen molar-refractivity contribution in [3.8, 4) is 11.3 Å². The fourth-order valence-corrected chi connectivity index (χ4v) is 4.00. The van der Waals surface area contributed by atoms with Gasteiger partial charge in [-0.2, -0.15) is 4.37 Å². The number of carboxylic acid groups (broad SMARTS) is 1. The minimum atomic E-state index is -1.22. The van der Waals surface area contributed by atoms with E-state index in [9.17, 15) is 9.59 Å². The van der Waals surface area contributed by atoms with E-state index in [4.69, 9.17) is 16.7 Å². The van der Waals surface area contributed by atoms with Gasteiger partial charge in [-0.3, -0.25) is 4.79 Å². The van der Waals surface area contributed by atoms with Crippen LogP contribution in [0.1, 0.15) is 44.5 Å². The summed E-state index contributed by atoms with van der Waals surface area (Å²) in [5, 5.41) is 11.7. The molecule has 1 saturated carbocycles. The van der Waals surface area contributed by atoms with Gasteiger partial charge in [0.1, 0.15) is 4.88 Å². The number of carbonyl (C=O) groups excluding carboxylic acids is 1. The summed E-state index contributed by atoms with van der Waals surface area (Å²) in [6, 6.07) is 11.2. The van der Waals surface area contributed by atoms with Crippen molar-refractivity contribution in [1.82, 2.24) is 9.36 Å². The van der Waals surface area contributed by atoms with Gasteiger partial charge in [-0.05, 0) is 36.4 Å². The van der Waals surface area contributed by atoms with Crippen LogP contribution < -0.4 is 5.32 Å². The minimum Gasteiger partial charge on any atom is -0.476 e. The van der Waals surface area contributed by atoms with E-state index in [1.807, 2.05) is 30.3 Å². The second-order valence-electron chi connectivity index (χ2n) is 6.23. The Labute approximate surface area is 164 Å². The Kier molecular flexibility index (Phi) is 4.63. The molecule has 1 amide bonds. The number of benzene rings is 1. The second-order valence-corrected chi connectivity index (χ2v) is 7.41. The fraction of sp³-hybridized carbons (Fsp3) is 0.158. The molecular weight excluding hydrogens is 386 g/mol.